The first kappa shape index (κ1) is 15.2. The van der Waals surface area contributed by atoms with Crippen molar-refractivity contribution < 1.29 is 14.3 Å². The molecule has 2 amide bonds. The second-order valence-corrected chi connectivity index (χ2v) is 4.93. The van der Waals surface area contributed by atoms with Gasteiger partial charge in [-0.3, -0.25) is 0 Å². The molecule has 0 bridgehead atoms. The van der Waals surface area contributed by atoms with Gasteiger partial charge in [-0.05, 0) is 49.9 Å². The largest absolute Gasteiger partial charge is 0.497 e. The summed E-state index contributed by atoms with van der Waals surface area (Å²) in [7, 11) is 1.62. The van der Waals surface area contributed by atoms with Crippen LogP contribution in [0.4, 0.5) is 4.79 Å². The SMILES string of the molecule is COc1ccc(OCCNC(=O)NC=C2CCCC2)cc1. The molecule has 0 unspecified atom stereocenters. The lowest BCUT2D eigenvalue weighted by Gasteiger charge is -2.08. The standard InChI is InChI=1S/C16H22N2O3/c1-20-14-6-8-15(9-7-14)21-11-10-17-16(19)18-12-13-4-2-3-5-13/h6-9,12H,2-5,10-11H2,1H3,(H2,17,18,19). The minimum absolute atomic E-state index is 0.187. The Kier molecular flexibility index (Phi) is 5.94. The number of hydrogen-bond acceptors (Lipinski definition) is 3. The van der Waals surface area contributed by atoms with Crippen molar-refractivity contribution in [3.63, 3.8) is 0 Å². The third-order valence-electron chi connectivity index (χ3n) is 3.37. The van der Waals surface area contributed by atoms with Crippen molar-refractivity contribution in [1.29, 1.82) is 0 Å². The van der Waals surface area contributed by atoms with Crippen molar-refractivity contribution in [2.45, 2.75) is 25.7 Å². The minimum atomic E-state index is -0.187. The average Bonchev–Trinajstić information content (AvgIpc) is 3.03. The molecule has 21 heavy (non-hydrogen) atoms. The highest BCUT2D eigenvalue weighted by atomic mass is 16.5. The van der Waals surface area contributed by atoms with Crippen LogP contribution in [0.1, 0.15) is 25.7 Å². The monoisotopic (exact) mass is 290 g/mol. The second-order valence-electron chi connectivity index (χ2n) is 4.93. The maximum Gasteiger partial charge on any atom is 0.318 e. The van der Waals surface area contributed by atoms with Crippen LogP contribution in [0, 0.1) is 0 Å². The zero-order valence-corrected chi connectivity index (χ0v) is 12.4. The van der Waals surface area contributed by atoms with Crippen LogP contribution in [0.3, 0.4) is 0 Å². The first-order chi connectivity index (χ1) is 10.3. The first-order valence-corrected chi connectivity index (χ1v) is 7.27. The fourth-order valence-corrected chi connectivity index (χ4v) is 2.20. The van der Waals surface area contributed by atoms with Crippen molar-refractivity contribution in [3.8, 4) is 11.5 Å². The second kappa shape index (κ2) is 8.19. The van der Waals surface area contributed by atoms with Crippen molar-refractivity contribution in [1.82, 2.24) is 10.6 Å². The summed E-state index contributed by atoms with van der Waals surface area (Å²) < 4.78 is 10.6. The molecule has 0 saturated heterocycles. The number of amides is 2. The third kappa shape index (κ3) is 5.38. The van der Waals surface area contributed by atoms with Gasteiger partial charge in [0, 0.05) is 6.20 Å². The highest BCUT2D eigenvalue weighted by Gasteiger charge is 2.06. The van der Waals surface area contributed by atoms with Crippen LogP contribution in [0.2, 0.25) is 0 Å². The van der Waals surface area contributed by atoms with Gasteiger partial charge in [0.2, 0.25) is 0 Å². The predicted octanol–water partition coefficient (Wildman–Crippen LogP) is 2.83. The molecule has 0 heterocycles. The lowest BCUT2D eigenvalue weighted by molar-refractivity contribution is 0.239. The normalized spacial score (nSPS) is 13.7. The Labute approximate surface area is 125 Å². The summed E-state index contributed by atoms with van der Waals surface area (Å²) in [5.74, 6) is 1.55. The van der Waals surface area contributed by atoms with E-state index in [4.69, 9.17) is 9.47 Å². The van der Waals surface area contributed by atoms with Gasteiger partial charge in [0.15, 0.2) is 0 Å². The molecule has 2 N–H and O–H groups in total. The van der Waals surface area contributed by atoms with Gasteiger partial charge in [-0.2, -0.15) is 0 Å². The van der Waals surface area contributed by atoms with Crippen molar-refractivity contribution >= 4 is 6.03 Å². The Morgan fingerprint density at radius 3 is 2.52 bits per heavy atom. The first-order valence-electron chi connectivity index (χ1n) is 7.27. The Morgan fingerprint density at radius 2 is 1.86 bits per heavy atom. The quantitative estimate of drug-likeness (QED) is 0.792. The molecule has 1 fully saturated rings. The molecule has 1 aliphatic rings. The molecule has 0 aromatic heterocycles. The molecular formula is C16H22N2O3. The number of methoxy groups -OCH3 is 1. The van der Waals surface area contributed by atoms with Crippen LogP contribution >= 0.6 is 0 Å². The molecule has 2 rings (SSSR count). The molecule has 5 nitrogen and oxygen atoms in total. The van der Waals surface area contributed by atoms with Crippen molar-refractivity contribution in [2.75, 3.05) is 20.3 Å². The molecule has 0 atom stereocenters. The minimum Gasteiger partial charge on any atom is -0.497 e. The van der Waals surface area contributed by atoms with Gasteiger partial charge < -0.3 is 20.1 Å². The number of rotatable bonds is 6. The maximum absolute atomic E-state index is 11.6. The number of carbonyl (C=O) groups excluding carboxylic acids is 1. The van der Waals surface area contributed by atoms with Gasteiger partial charge >= 0.3 is 6.03 Å². The van der Waals surface area contributed by atoms with E-state index in [-0.39, 0.29) is 6.03 Å². The Bertz CT molecular complexity index is 475. The molecule has 114 valence electrons. The van der Waals surface area contributed by atoms with E-state index in [1.165, 1.54) is 18.4 Å². The lowest BCUT2D eigenvalue weighted by Crippen LogP contribution is -2.35. The summed E-state index contributed by atoms with van der Waals surface area (Å²) in [4.78, 5) is 11.6. The highest BCUT2D eigenvalue weighted by molar-refractivity contribution is 5.74. The summed E-state index contributed by atoms with van der Waals surface area (Å²) in [5.41, 5.74) is 1.32. The lowest BCUT2D eigenvalue weighted by atomic mass is 10.2. The molecule has 0 aliphatic heterocycles. The fourth-order valence-electron chi connectivity index (χ4n) is 2.20. The van der Waals surface area contributed by atoms with E-state index in [1.807, 2.05) is 30.5 Å². The smallest absolute Gasteiger partial charge is 0.318 e. The van der Waals surface area contributed by atoms with Crippen LogP contribution in [-0.4, -0.2) is 26.3 Å². The summed E-state index contributed by atoms with van der Waals surface area (Å²) in [6.07, 6.45) is 6.48. The topological polar surface area (TPSA) is 59.6 Å². The van der Waals surface area contributed by atoms with Gasteiger partial charge in [-0.25, -0.2) is 4.79 Å². The van der Waals surface area contributed by atoms with E-state index in [2.05, 4.69) is 10.6 Å². The Balaban J connectivity index is 1.60. The van der Waals surface area contributed by atoms with Crippen LogP contribution < -0.4 is 20.1 Å². The molecule has 1 saturated carbocycles. The summed E-state index contributed by atoms with van der Waals surface area (Å²) >= 11 is 0. The Hall–Kier alpha value is -2.17. The number of allylic oxidation sites excluding steroid dienone is 1. The number of hydrogen-bond donors (Lipinski definition) is 2. The molecule has 0 radical (unpaired) electrons. The number of urea groups is 1. The predicted molar refractivity (Wildman–Crippen MR) is 81.6 cm³/mol. The van der Waals surface area contributed by atoms with Gasteiger partial charge in [0.25, 0.3) is 0 Å². The van der Waals surface area contributed by atoms with Crippen molar-refractivity contribution in [2.24, 2.45) is 0 Å². The van der Waals surface area contributed by atoms with E-state index >= 15 is 0 Å². The van der Waals surface area contributed by atoms with Crippen LogP contribution in [-0.2, 0) is 0 Å². The highest BCUT2D eigenvalue weighted by Crippen LogP contribution is 2.22. The fraction of sp³-hybridized carbons (Fsp3) is 0.438. The Morgan fingerprint density at radius 1 is 1.19 bits per heavy atom. The summed E-state index contributed by atoms with van der Waals surface area (Å²) in [6.45, 7) is 0.886. The van der Waals surface area contributed by atoms with Crippen LogP contribution in [0.25, 0.3) is 0 Å². The third-order valence-corrected chi connectivity index (χ3v) is 3.37. The van der Waals surface area contributed by atoms with Gasteiger partial charge in [0.05, 0.1) is 13.7 Å². The number of carbonyl (C=O) groups is 1. The number of nitrogens with one attached hydrogen (secondary N) is 2. The van der Waals surface area contributed by atoms with E-state index in [0.29, 0.717) is 13.2 Å². The molecule has 1 aromatic rings. The van der Waals surface area contributed by atoms with E-state index in [0.717, 1.165) is 24.3 Å². The molecule has 1 aliphatic carbocycles. The van der Waals surface area contributed by atoms with Crippen molar-refractivity contribution in [3.05, 3.63) is 36.0 Å². The molecule has 1 aromatic carbocycles. The van der Waals surface area contributed by atoms with E-state index < -0.39 is 0 Å². The zero-order chi connectivity index (χ0) is 14.9. The average molecular weight is 290 g/mol. The van der Waals surface area contributed by atoms with E-state index in [9.17, 15) is 4.79 Å². The van der Waals surface area contributed by atoms with E-state index in [1.54, 1.807) is 7.11 Å². The maximum atomic E-state index is 11.6. The molecular weight excluding hydrogens is 268 g/mol. The number of ether oxygens (including phenoxy) is 2. The van der Waals surface area contributed by atoms with Gasteiger partial charge in [0.1, 0.15) is 18.1 Å². The zero-order valence-electron chi connectivity index (χ0n) is 12.4. The molecule has 0 spiro atoms. The summed E-state index contributed by atoms with van der Waals surface area (Å²) in [6, 6.07) is 7.16. The van der Waals surface area contributed by atoms with Gasteiger partial charge in [-0.1, -0.05) is 5.57 Å². The van der Waals surface area contributed by atoms with Crippen LogP contribution in [0.5, 0.6) is 11.5 Å². The summed E-state index contributed by atoms with van der Waals surface area (Å²) in [5, 5.41) is 5.51. The van der Waals surface area contributed by atoms with Gasteiger partial charge in [-0.15, -0.1) is 0 Å². The molecule has 5 heteroatoms. The van der Waals surface area contributed by atoms with Crippen LogP contribution in [0.15, 0.2) is 36.0 Å². The number of benzene rings is 1.